The van der Waals surface area contributed by atoms with E-state index in [0.29, 0.717) is 24.0 Å². The Morgan fingerprint density at radius 2 is 1.94 bits per heavy atom. The highest BCUT2D eigenvalue weighted by Gasteiger charge is 2.77. The standard InChI is InChI=1S/C28H40O6/c1-9-14(2)24(30)33-22-15(3)12-27-16(4)10-19-20(25(19,5)6)18(21(27)29)11-17-13-32-26(7,8)34-23(17)28(22,27)31/h9,11-12,16,18-23,29,31H,10,13H2,1-8H3. The Hall–Kier alpha value is -1.47. The zero-order valence-electron chi connectivity index (χ0n) is 21.7. The number of esters is 1. The molecule has 1 aliphatic heterocycles. The van der Waals surface area contributed by atoms with Gasteiger partial charge in [-0.3, -0.25) is 0 Å². The van der Waals surface area contributed by atoms with Crippen LogP contribution in [-0.2, 0) is 19.0 Å². The molecule has 0 amide bonds. The van der Waals surface area contributed by atoms with Gasteiger partial charge in [0.15, 0.2) is 11.9 Å². The number of allylic oxidation sites excluding steroid dienone is 1. The fraction of sp³-hybridized carbons (Fsp3) is 0.750. The molecule has 6 heteroatoms. The average molecular weight is 473 g/mol. The summed E-state index contributed by atoms with van der Waals surface area (Å²) in [6.45, 7) is 16.1. The molecule has 5 aliphatic rings. The molecular formula is C28H40O6. The summed E-state index contributed by atoms with van der Waals surface area (Å²) < 4.78 is 18.5. The number of rotatable bonds is 2. The van der Waals surface area contributed by atoms with Crippen LogP contribution >= 0.6 is 0 Å². The number of hydrogen-bond acceptors (Lipinski definition) is 6. The number of aliphatic hydroxyl groups is 2. The normalized spacial score (nSPS) is 48.3. The second-order valence-electron chi connectivity index (χ2n) is 12.4. The lowest BCUT2D eigenvalue weighted by Gasteiger charge is -2.55. The Kier molecular flexibility index (Phi) is 5.19. The first-order chi connectivity index (χ1) is 15.7. The second kappa shape index (κ2) is 7.28. The van der Waals surface area contributed by atoms with E-state index in [2.05, 4.69) is 26.8 Å². The SMILES string of the molecule is CC=C(C)C(=O)OC1C(C)=CC23C(C)CC4C(C(C=C5COC(C)(C)OC5C12O)C3O)C4(C)C. The largest absolute Gasteiger partial charge is 0.451 e. The van der Waals surface area contributed by atoms with Crippen LogP contribution in [0.3, 0.4) is 0 Å². The zero-order chi connectivity index (χ0) is 25.0. The van der Waals surface area contributed by atoms with Gasteiger partial charge in [-0.15, -0.1) is 0 Å². The molecule has 1 saturated heterocycles. The summed E-state index contributed by atoms with van der Waals surface area (Å²) in [4.78, 5) is 12.9. The molecule has 2 bridgehead atoms. The minimum absolute atomic E-state index is 0.0458. The monoisotopic (exact) mass is 472 g/mol. The maximum atomic E-state index is 12.9. The smallest absolute Gasteiger partial charge is 0.334 e. The Balaban J connectivity index is 1.72. The van der Waals surface area contributed by atoms with Gasteiger partial charge in [0.2, 0.25) is 0 Å². The Bertz CT molecular complexity index is 1000. The molecule has 9 unspecified atom stereocenters. The first kappa shape index (κ1) is 24.2. The molecule has 1 heterocycles. The molecule has 1 spiro atoms. The van der Waals surface area contributed by atoms with Crippen LogP contribution in [-0.4, -0.2) is 52.5 Å². The zero-order valence-corrected chi connectivity index (χ0v) is 21.7. The Labute approximate surface area is 203 Å². The molecule has 6 nitrogen and oxygen atoms in total. The molecule has 0 aromatic carbocycles. The lowest BCUT2D eigenvalue weighted by atomic mass is 9.58. The molecule has 0 radical (unpaired) electrons. The highest BCUT2D eigenvalue weighted by Crippen LogP contribution is 2.73. The molecule has 4 aliphatic carbocycles. The molecule has 9 atom stereocenters. The molecule has 3 fully saturated rings. The number of ether oxygens (including phenoxy) is 3. The van der Waals surface area contributed by atoms with Crippen molar-refractivity contribution < 1.29 is 29.2 Å². The van der Waals surface area contributed by atoms with Crippen LogP contribution in [0.25, 0.3) is 0 Å². The van der Waals surface area contributed by atoms with Crippen LogP contribution in [0.2, 0.25) is 0 Å². The minimum atomic E-state index is -1.66. The summed E-state index contributed by atoms with van der Waals surface area (Å²) in [6.07, 6.45) is 4.18. The van der Waals surface area contributed by atoms with Crippen molar-refractivity contribution in [2.24, 2.45) is 34.5 Å². The van der Waals surface area contributed by atoms with E-state index in [4.69, 9.17) is 14.2 Å². The van der Waals surface area contributed by atoms with E-state index in [-0.39, 0.29) is 17.3 Å². The van der Waals surface area contributed by atoms with Crippen molar-refractivity contribution in [1.29, 1.82) is 0 Å². The third-order valence-electron chi connectivity index (χ3n) is 9.92. The van der Waals surface area contributed by atoms with Crippen molar-refractivity contribution in [2.45, 2.75) is 91.5 Å². The van der Waals surface area contributed by atoms with E-state index in [1.165, 1.54) is 0 Å². The first-order valence-electron chi connectivity index (χ1n) is 12.7. The lowest BCUT2D eigenvalue weighted by molar-refractivity contribution is -0.313. The van der Waals surface area contributed by atoms with E-state index in [9.17, 15) is 15.0 Å². The third-order valence-corrected chi connectivity index (χ3v) is 9.92. The maximum Gasteiger partial charge on any atom is 0.334 e. The van der Waals surface area contributed by atoms with Gasteiger partial charge in [0.05, 0.1) is 18.1 Å². The molecule has 2 N–H and O–H groups in total. The van der Waals surface area contributed by atoms with E-state index < -0.39 is 41.1 Å². The summed E-state index contributed by atoms with van der Waals surface area (Å²) in [7, 11) is 0. The summed E-state index contributed by atoms with van der Waals surface area (Å²) >= 11 is 0. The predicted molar refractivity (Wildman–Crippen MR) is 127 cm³/mol. The second-order valence-corrected chi connectivity index (χ2v) is 12.4. The van der Waals surface area contributed by atoms with E-state index in [0.717, 1.165) is 17.6 Å². The summed E-state index contributed by atoms with van der Waals surface area (Å²) in [5, 5.41) is 25.1. The van der Waals surface area contributed by atoms with E-state index in [1.54, 1.807) is 19.9 Å². The van der Waals surface area contributed by atoms with Gasteiger partial charge < -0.3 is 24.4 Å². The third kappa shape index (κ3) is 2.92. The molecular weight excluding hydrogens is 432 g/mol. The van der Waals surface area contributed by atoms with Gasteiger partial charge >= 0.3 is 5.97 Å². The van der Waals surface area contributed by atoms with Gasteiger partial charge in [0, 0.05) is 11.5 Å². The van der Waals surface area contributed by atoms with Crippen LogP contribution in [0, 0.1) is 34.5 Å². The van der Waals surface area contributed by atoms with Gasteiger partial charge in [0.25, 0.3) is 0 Å². The van der Waals surface area contributed by atoms with Gasteiger partial charge in [-0.1, -0.05) is 39.0 Å². The van der Waals surface area contributed by atoms with Crippen LogP contribution in [0.4, 0.5) is 0 Å². The summed E-state index contributed by atoms with van der Waals surface area (Å²) in [5.74, 6) is -0.802. The van der Waals surface area contributed by atoms with Crippen molar-refractivity contribution >= 4 is 5.97 Å². The van der Waals surface area contributed by atoms with Crippen molar-refractivity contribution in [3.8, 4) is 0 Å². The number of fused-ring (bicyclic) bond motifs is 5. The van der Waals surface area contributed by atoms with Crippen LogP contribution in [0.15, 0.2) is 34.9 Å². The number of carbonyl (C=O) groups excluding carboxylic acids is 1. The van der Waals surface area contributed by atoms with Gasteiger partial charge in [-0.05, 0) is 75.4 Å². The predicted octanol–water partition coefficient (Wildman–Crippen LogP) is 3.92. The fourth-order valence-electron chi connectivity index (χ4n) is 7.93. The van der Waals surface area contributed by atoms with Crippen molar-refractivity contribution in [1.82, 2.24) is 0 Å². The van der Waals surface area contributed by atoms with Crippen LogP contribution < -0.4 is 0 Å². The minimum Gasteiger partial charge on any atom is -0.451 e. The maximum absolute atomic E-state index is 12.9. The highest BCUT2D eigenvalue weighted by atomic mass is 16.7. The van der Waals surface area contributed by atoms with Gasteiger partial charge in [0.1, 0.15) is 11.7 Å². The van der Waals surface area contributed by atoms with E-state index in [1.807, 2.05) is 26.8 Å². The molecule has 2 saturated carbocycles. The summed E-state index contributed by atoms with van der Waals surface area (Å²) in [5.41, 5.74) is -0.495. The topological polar surface area (TPSA) is 85.2 Å². The van der Waals surface area contributed by atoms with Crippen molar-refractivity contribution in [2.75, 3.05) is 6.61 Å². The van der Waals surface area contributed by atoms with Crippen molar-refractivity contribution in [3.05, 3.63) is 34.9 Å². The molecule has 0 aromatic heterocycles. The Morgan fingerprint density at radius 1 is 1.26 bits per heavy atom. The molecule has 5 rings (SSSR count). The summed E-state index contributed by atoms with van der Waals surface area (Å²) in [6, 6.07) is 0. The number of carbonyl (C=O) groups is 1. The van der Waals surface area contributed by atoms with E-state index >= 15 is 0 Å². The number of hydrogen-bond donors (Lipinski definition) is 2. The van der Waals surface area contributed by atoms with Gasteiger partial charge in [-0.25, -0.2) is 4.79 Å². The van der Waals surface area contributed by atoms with Gasteiger partial charge in [-0.2, -0.15) is 0 Å². The van der Waals surface area contributed by atoms with Crippen LogP contribution in [0.1, 0.15) is 61.8 Å². The van der Waals surface area contributed by atoms with Crippen molar-refractivity contribution in [3.63, 3.8) is 0 Å². The number of aliphatic hydroxyl groups excluding tert-OH is 1. The van der Waals surface area contributed by atoms with Crippen LogP contribution in [0.5, 0.6) is 0 Å². The highest BCUT2D eigenvalue weighted by molar-refractivity contribution is 5.88. The molecule has 34 heavy (non-hydrogen) atoms. The quantitative estimate of drug-likeness (QED) is 0.360. The Morgan fingerprint density at radius 3 is 2.59 bits per heavy atom. The molecule has 0 aromatic rings. The lowest BCUT2D eigenvalue weighted by Crippen LogP contribution is -2.69. The average Bonchev–Trinajstić information content (AvgIpc) is 3.25. The fourth-order valence-corrected chi connectivity index (χ4v) is 7.93. The molecule has 188 valence electrons. The first-order valence-corrected chi connectivity index (χ1v) is 12.7.